The number of amides is 1. The molecule has 19 heavy (non-hydrogen) atoms. The van der Waals surface area contributed by atoms with E-state index in [1.165, 1.54) is 5.56 Å². The van der Waals surface area contributed by atoms with Crippen LogP contribution in [0.1, 0.15) is 16.1 Å². The molecule has 1 amide bonds. The van der Waals surface area contributed by atoms with Crippen LogP contribution < -0.4 is 0 Å². The smallest absolute Gasteiger partial charge is 0.272 e. The van der Waals surface area contributed by atoms with Gasteiger partial charge in [-0.25, -0.2) is 4.98 Å². The molecule has 0 radical (unpaired) electrons. The van der Waals surface area contributed by atoms with Crippen LogP contribution >= 0.6 is 15.9 Å². The Morgan fingerprint density at radius 3 is 2.58 bits per heavy atom. The van der Waals surface area contributed by atoms with Crippen molar-refractivity contribution >= 4 is 21.8 Å². The zero-order chi connectivity index (χ0) is 13.7. The maximum atomic E-state index is 12.2. The Morgan fingerprint density at radius 1 is 1.16 bits per heavy atom. The van der Waals surface area contributed by atoms with Crippen molar-refractivity contribution in [1.82, 2.24) is 9.88 Å². The minimum Gasteiger partial charge on any atom is -0.340 e. The van der Waals surface area contributed by atoms with Gasteiger partial charge in [0, 0.05) is 13.6 Å². The highest BCUT2D eigenvalue weighted by atomic mass is 79.9. The van der Waals surface area contributed by atoms with Crippen molar-refractivity contribution in [2.24, 2.45) is 0 Å². The summed E-state index contributed by atoms with van der Waals surface area (Å²) >= 11 is 3.27. The SMILES string of the molecule is CN(CCc1ccccc1)C(=O)c1cccc(Br)n1. The third-order valence-corrected chi connectivity index (χ3v) is 3.30. The molecule has 2 rings (SSSR count). The summed E-state index contributed by atoms with van der Waals surface area (Å²) in [5.74, 6) is -0.0581. The molecule has 0 saturated carbocycles. The van der Waals surface area contributed by atoms with E-state index in [0.29, 0.717) is 16.8 Å². The van der Waals surface area contributed by atoms with Crippen LogP contribution in [0.25, 0.3) is 0 Å². The Balaban J connectivity index is 1.96. The van der Waals surface area contributed by atoms with Crippen molar-refractivity contribution in [3.05, 3.63) is 64.4 Å². The van der Waals surface area contributed by atoms with Gasteiger partial charge in [-0.2, -0.15) is 0 Å². The van der Waals surface area contributed by atoms with Crippen molar-refractivity contribution in [3.8, 4) is 0 Å². The summed E-state index contributed by atoms with van der Waals surface area (Å²) < 4.78 is 0.676. The lowest BCUT2D eigenvalue weighted by molar-refractivity contribution is 0.0790. The first-order valence-corrected chi connectivity index (χ1v) is 6.88. The Labute approximate surface area is 121 Å². The molecule has 0 saturated heterocycles. The lowest BCUT2D eigenvalue weighted by atomic mass is 10.1. The average Bonchev–Trinajstić information content (AvgIpc) is 2.45. The first-order valence-electron chi connectivity index (χ1n) is 6.09. The quantitative estimate of drug-likeness (QED) is 0.811. The minimum absolute atomic E-state index is 0.0581. The normalized spacial score (nSPS) is 10.2. The fourth-order valence-electron chi connectivity index (χ4n) is 1.77. The first-order chi connectivity index (χ1) is 9.16. The fraction of sp³-hybridized carbons (Fsp3) is 0.200. The molecule has 1 aromatic heterocycles. The van der Waals surface area contributed by atoms with E-state index in [1.807, 2.05) is 24.3 Å². The molecule has 0 bridgehead atoms. The highest BCUT2D eigenvalue weighted by Crippen LogP contribution is 2.09. The average molecular weight is 319 g/mol. The molecule has 1 heterocycles. The number of nitrogens with zero attached hydrogens (tertiary/aromatic N) is 2. The van der Waals surface area contributed by atoms with E-state index in [-0.39, 0.29) is 5.91 Å². The lowest BCUT2D eigenvalue weighted by Crippen LogP contribution is -2.29. The number of likely N-dealkylation sites (N-methyl/N-ethyl adjacent to an activating group) is 1. The monoisotopic (exact) mass is 318 g/mol. The second kappa shape index (κ2) is 6.48. The molecule has 2 aromatic rings. The molecular formula is C15H15BrN2O. The van der Waals surface area contributed by atoms with Gasteiger partial charge in [-0.1, -0.05) is 36.4 Å². The Hall–Kier alpha value is -1.68. The molecule has 0 aliphatic heterocycles. The van der Waals surface area contributed by atoms with Gasteiger partial charge < -0.3 is 4.90 Å². The standard InChI is InChI=1S/C15H15BrN2O/c1-18(11-10-12-6-3-2-4-7-12)15(19)13-8-5-9-14(16)17-13/h2-9H,10-11H2,1H3. The van der Waals surface area contributed by atoms with Gasteiger partial charge in [-0.05, 0) is 40.0 Å². The van der Waals surface area contributed by atoms with Crippen LogP contribution in [0.4, 0.5) is 0 Å². The van der Waals surface area contributed by atoms with Gasteiger partial charge in [0.15, 0.2) is 0 Å². The van der Waals surface area contributed by atoms with Crippen LogP contribution in [0.3, 0.4) is 0 Å². The van der Waals surface area contributed by atoms with Crippen molar-refractivity contribution in [3.63, 3.8) is 0 Å². The predicted octanol–water partition coefficient (Wildman–Crippen LogP) is 3.16. The van der Waals surface area contributed by atoms with Crippen LogP contribution in [-0.4, -0.2) is 29.4 Å². The Bertz CT molecular complexity index is 557. The Morgan fingerprint density at radius 2 is 1.89 bits per heavy atom. The third-order valence-electron chi connectivity index (χ3n) is 2.86. The number of pyridine rings is 1. The molecule has 0 aliphatic carbocycles. The number of carbonyl (C=O) groups is 1. The molecule has 1 aromatic carbocycles. The van der Waals surface area contributed by atoms with E-state index >= 15 is 0 Å². The van der Waals surface area contributed by atoms with E-state index in [0.717, 1.165) is 6.42 Å². The van der Waals surface area contributed by atoms with E-state index in [4.69, 9.17) is 0 Å². The second-order valence-corrected chi connectivity index (χ2v) is 5.12. The summed E-state index contributed by atoms with van der Waals surface area (Å²) in [6.07, 6.45) is 0.844. The van der Waals surface area contributed by atoms with Crippen LogP contribution in [0, 0.1) is 0 Å². The number of rotatable bonds is 4. The first kappa shape index (κ1) is 13.7. The molecule has 0 atom stereocenters. The third kappa shape index (κ3) is 3.89. The van der Waals surface area contributed by atoms with E-state index in [2.05, 4.69) is 33.0 Å². The second-order valence-electron chi connectivity index (χ2n) is 4.31. The summed E-state index contributed by atoms with van der Waals surface area (Å²) in [6, 6.07) is 15.5. The van der Waals surface area contributed by atoms with Gasteiger partial charge in [-0.3, -0.25) is 4.79 Å². The van der Waals surface area contributed by atoms with Gasteiger partial charge in [-0.15, -0.1) is 0 Å². The van der Waals surface area contributed by atoms with E-state index in [1.54, 1.807) is 24.1 Å². The fourth-order valence-corrected chi connectivity index (χ4v) is 2.11. The number of hydrogen-bond acceptors (Lipinski definition) is 2. The number of benzene rings is 1. The molecule has 0 unspecified atom stereocenters. The zero-order valence-electron chi connectivity index (χ0n) is 10.7. The van der Waals surface area contributed by atoms with Crippen molar-refractivity contribution in [1.29, 1.82) is 0 Å². The highest BCUT2D eigenvalue weighted by molar-refractivity contribution is 9.10. The molecule has 0 aliphatic rings. The molecule has 0 fully saturated rings. The maximum absolute atomic E-state index is 12.2. The lowest BCUT2D eigenvalue weighted by Gasteiger charge is -2.16. The molecule has 0 N–H and O–H groups in total. The predicted molar refractivity (Wildman–Crippen MR) is 79.0 cm³/mol. The zero-order valence-corrected chi connectivity index (χ0v) is 12.3. The summed E-state index contributed by atoms with van der Waals surface area (Å²) in [5.41, 5.74) is 1.69. The summed E-state index contributed by atoms with van der Waals surface area (Å²) in [6.45, 7) is 0.678. The highest BCUT2D eigenvalue weighted by Gasteiger charge is 2.12. The van der Waals surface area contributed by atoms with Gasteiger partial charge in [0.25, 0.3) is 5.91 Å². The summed E-state index contributed by atoms with van der Waals surface area (Å²) in [5, 5.41) is 0. The van der Waals surface area contributed by atoms with Crippen LogP contribution in [0.2, 0.25) is 0 Å². The summed E-state index contributed by atoms with van der Waals surface area (Å²) in [7, 11) is 1.80. The van der Waals surface area contributed by atoms with E-state index < -0.39 is 0 Å². The van der Waals surface area contributed by atoms with E-state index in [9.17, 15) is 4.79 Å². The van der Waals surface area contributed by atoms with Gasteiger partial charge in [0.05, 0.1) is 0 Å². The van der Waals surface area contributed by atoms with Crippen LogP contribution in [0.5, 0.6) is 0 Å². The number of carbonyl (C=O) groups excluding carboxylic acids is 1. The van der Waals surface area contributed by atoms with Gasteiger partial charge >= 0.3 is 0 Å². The van der Waals surface area contributed by atoms with Gasteiger partial charge in [0.2, 0.25) is 0 Å². The van der Waals surface area contributed by atoms with Crippen molar-refractivity contribution in [2.75, 3.05) is 13.6 Å². The maximum Gasteiger partial charge on any atom is 0.272 e. The summed E-state index contributed by atoms with van der Waals surface area (Å²) in [4.78, 5) is 18.0. The number of halogens is 1. The molecular weight excluding hydrogens is 304 g/mol. The van der Waals surface area contributed by atoms with Gasteiger partial charge in [0.1, 0.15) is 10.3 Å². The number of aromatic nitrogens is 1. The molecule has 0 spiro atoms. The minimum atomic E-state index is -0.0581. The largest absolute Gasteiger partial charge is 0.340 e. The van der Waals surface area contributed by atoms with Crippen molar-refractivity contribution < 1.29 is 4.79 Å². The molecule has 4 heteroatoms. The topological polar surface area (TPSA) is 33.2 Å². The molecule has 3 nitrogen and oxygen atoms in total. The van der Waals surface area contributed by atoms with Crippen LogP contribution in [0.15, 0.2) is 53.1 Å². The number of hydrogen-bond donors (Lipinski definition) is 0. The molecule has 98 valence electrons. The Kier molecular flexibility index (Phi) is 4.68. The van der Waals surface area contributed by atoms with Crippen LogP contribution in [-0.2, 0) is 6.42 Å². The van der Waals surface area contributed by atoms with Crippen molar-refractivity contribution in [2.45, 2.75) is 6.42 Å².